The third-order valence-corrected chi connectivity index (χ3v) is 4.04. The molecule has 124 valence electrons. The Morgan fingerprint density at radius 1 is 1.52 bits per heavy atom. The number of carbonyl (C=O) groups is 1. The number of alkyl carbamates (subject to hydrolysis) is 1. The summed E-state index contributed by atoms with van der Waals surface area (Å²) < 4.78 is 20.7. The second kappa shape index (κ2) is 6.56. The average molecular weight is 319 g/mol. The minimum absolute atomic E-state index is 0.291. The van der Waals surface area contributed by atoms with Crippen molar-refractivity contribution in [1.82, 2.24) is 14.9 Å². The van der Waals surface area contributed by atoms with Gasteiger partial charge >= 0.3 is 6.09 Å². The highest BCUT2D eigenvalue weighted by molar-refractivity contribution is 5.77. The van der Waals surface area contributed by atoms with Gasteiger partial charge in [-0.2, -0.15) is 0 Å². The molecule has 0 aliphatic heterocycles. The molecule has 1 saturated carbocycles. The van der Waals surface area contributed by atoms with Crippen molar-refractivity contribution in [3.8, 4) is 0 Å². The lowest BCUT2D eigenvalue weighted by atomic mass is 10.3. The predicted molar refractivity (Wildman–Crippen MR) is 85.8 cm³/mol. The molecular weight excluding hydrogens is 297 g/mol. The quantitative estimate of drug-likeness (QED) is 0.816. The lowest BCUT2D eigenvalue weighted by Gasteiger charge is -2.16. The predicted octanol–water partition coefficient (Wildman–Crippen LogP) is 4.10. The van der Waals surface area contributed by atoms with E-state index in [1.807, 2.05) is 13.8 Å². The van der Waals surface area contributed by atoms with Crippen molar-refractivity contribution in [2.24, 2.45) is 0 Å². The van der Waals surface area contributed by atoms with Crippen molar-refractivity contribution in [1.29, 1.82) is 0 Å². The zero-order chi connectivity index (χ0) is 16.4. The Bertz CT molecular complexity index is 709. The van der Waals surface area contributed by atoms with Gasteiger partial charge < -0.3 is 14.6 Å². The standard InChI is InChI=1S/C17H22FN3O2/c1-3-4-9-23-17(22)19-11(2)16-20-14-10-12(18)5-8-15(14)21(16)13-6-7-13/h5,8,10-11,13H,3-4,6-7,9H2,1-2H3,(H,19,22). The van der Waals surface area contributed by atoms with E-state index in [4.69, 9.17) is 4.74 Å². The molecule has 6 heteroatoms. The van der Waals surface area contributed by atoms with Crippen LogP contribution in [0.3, 0.4) is 0 Å². The van der Waals surface area contributed by atoms with Crippen molar-refractivity contribution in [3.63, 3.8) is 0 Å². The summed E-state index contributed by atoms with van der Waals surface area (Å²) in [5.74, 6) is 0.449. The maximum atomic E-state index is 13.4. The fraction of sp³-hybridized carbons (Fsp3) is 0.529. The minimum atomic E-state index is -0.438. The number of ether oxygens (including phenoxy) is 1. The third-order valence-electron chi connectivity index (χ3n) is 4.04. The monoisotopic (exact) mass is 319 g/mol. The number of hydrogen-bond donors (Lipinski definition) is 1. The number of aromatic nitrogens is 2. The van der Waals surface area contributed by atoms with E-state index >= 15 is 0 Å². The lowest BCUT2D eigenvalue weighted by Crippen LogP contribution is -2.29. The summed E-state index contributed by atoms with van der Waals surface area (Å²) >= 11 is 0. The average Bonchev–Trinajstić information content (AvgIpc) is 3.27. The molecule has 1 aromatic heterocycles. The van der Waals surface area contributed by atoms with Gasteiger partial charge in [0, 0.05) is 12.1 Å². The van der Waals surface area contributed by atoms with Crippen LogP contribution in [-0.2, 0) is 4.74 Å². The number of nitrogens with zero attached hydrogens (tertiary/aromatic N) is 2. The topological polar surface area (TPSA) is 56.1 Å². The molecule has 5 nitrogen and oxygen atoms in total. The lowest BCUT2D eigenvalue weighted by molar-refractivity contribution is 0.140. The normalized spacial score (nSPS) is 15.6. The number of amides is 1. The second-order valence-corrected chi connectivity index (χ2v) is 6.06. The van der Waals surface area contributed by atoms with Crippen molar-refractivity contribution in [3.05, 3.63) is 29.8 Å². The Kier molecular flexibility index (Phi) is 4.50. The van der Waals surface area contributed by atoms with Crippen LogP contribution in [-0.4, -0.2) is 22.3 Å². The first kappa shape index (κ1) is 15.8. The number of rotatable bonds is 6. The van der Waals surface area contributed by atoms with Gasteiger partial charge in [0.05, 0.1) is 23.7 Å². The molecule has 1 N–H and O–H groups in total. The Morgan fingerprint density at radius 3 is 3.00 bits per heavy atom. The molecular formula is C17H22FN3O2. The Balaban J connectivity index is 1.81. The summed E-state index contributed by atoms with van der Waals surface area (Å²) in [7, 11) is 0. The molecule has 0 spiro atoms. The van der Waals surface area contributed by atoms with Gasteiger partial charge in [-0.1, -0.05) is 13.3 Å². The van der Waals surface area contributed by atoms with Crippen molar-refractivity contribution in [2.75, 3.05) is 6.61 Å². The van der Waals surface area contributed by atoms with Crippen molar-refractivity contribution in [2.45, 2.75) is 51.6 Å². The maximum absolute atomic E-state index is 13.4. The molecule has 1 atom stereocenters. The van der Waals surface area contributed by atoms with E-state index in [2.05, 4.69) is 14.9 Å². The summed E-state index contributed by atoms with van der Waals surface area (Å²) in [6.07, 6.45) is 3.56. The fourth-order valence-corrected chi connectivity index (χ4v) is 2.70. The van der Waals surface area contributed by atoms with Gasteiger partial charge in [0.2, 0.25) is 0 Å². The van der Waals surface area contributed by atoms with Gasteiger partial charge in [-0.25, -0.2) is 14.2 Å². The molecule has 0 bridgehead atoms. The molecule has 1 unspecified atom stereocenters. The maximum Gasteiger partial charge on any atom is 0.407 e. The Hall–Kier alpha value is -2.11. The Morgan fingerprint density at radius 2 is 2.30 bits per heavy atom. The fourth-order valence-electron chi connectivity index (χ4n) is 2.70. The molecule has 0 saturated heterocycles. The van der Waals surface area contributed by atoms with Crippen LogP contribution in [0.15, 0.2) is 18.2 Å². The first-order valence-electron chi connectivity index (χ1n) is 8.20. The van der Waals surface area contributed by atoms with E-state index in [1.54, 1.807) is 6.07 Å². The van der Waals surface area contributed by atoms with Crippen molar-refractivity contribution < 1.29 is 13.9 Å². The highest BCUT2D eigenvalue weighted by Gasteiger charge is 2.30. The molecule has 1 fully saturated rings. The van der Waals surface area contributed by atoms with Crippen LogP contribution >= 0.6 is 0 Å². The third kappa shape index (κ3) is 3.46. The second-order valence-electron chi connectivity index (χ2n) is 6.06. The van der Waals surface area contributed by atoms with E-state index in [1.165, 1.54) is 12.1 Å². The van der Waals surface area contributed by atoms with Gasteiger partial charge in [-0.05, 0) is 38.3 Å². The summed E-state index contributed by atoms with van der Waals surface area (Å²) in [5.41, 5.74) is 1.54. The molecule has 1 amide bonds. The highest BCUT2D eigenvalue weighted by Crippen LogP contribution is 2.40. The number of halogens is 1. The molecule has 1 aromatic carbocycles. The zero-order valence-electron chi connectivity index (χ0n) is 13.5. The van der Waals surface area contributed by atoms with Crippen LogP contribution in [0.25, 0.3) is 11.0 Å². The Labute approximate surface area is 134 Å². The number of imidazole rings is 1. The first-order chi connectivity index (χ1) is 11.1. The van der Waals surface area contributed by atoms with E-state index in [9.17, 15) is 9.18 Å². The van der Waals surface area contributed by atoms with Crippen molar-refractivity contribution >= 4 is 17.1 Å². The summed E-state index contributed by atoms with van der Waals surface area (Å²) in [4.78, 5) is 16.4. The summed E-state index contributed by atoms with van der Waals surface area (Å²) in [6.45, 7) is 4.33. The molecule has 1 aliphatic rings. The largest absolute Gasteiger partial charge is 0.450 e. The van der Waals surface area contributed by atoms with Crippen LogP contribution in [0.4, 0.5) is 9.18 Å². The molecule has 3 rings (SSSR count). The molecule has 1 aliphatic carbocycles. The van der Waals surface area contributed by atoms with Crippen LogP contribution in [0.2, 0.25) is 0 Å². The molecule has 2 aromatic rings. The smallest absolute Gasteiger partial charge is 0.407 e. The number of hydrogen-bond acceptors (Lipinski definition) is 3. The van der Waals surface area contributed by atoms with Crippen LogP contribution < -0.4 is 5.32 Å². The number of nitrogens with one attached hydrogen (secondary N) is 1. The number of carbonyl (C=O) groups excluding carboxylic acids is 1. The number of benzene rings is 1. The number of unbranched alkanes of at least 4 members (excludes halogenated alkanes) is 1. The van der Waals surface area contributed by atoms with Gasteiger partial charge in [0.1, 0.15) is 11.6 Å². The van der Waals surface area contributed by atoms with Gasteiger partial charge in [-0.3, -0.25) is 0 Å². The van der Waals surface area contributed by atoms with Gasteiger partial charge in [-0.15, -0.1) is 0 Å². The van der Waals surface area contributed by atoms with E-state index in [0.29, 0.717) is 18.2 Å². The van der Waals surface area contributed by atoms with Crippen LogP contribution in [0.5, 0.6) is 0 Å². The SMILES string of the molecule is CCCCOC(=O)NC(C)c1nc2cc(F)ccc2n1C1CC1. The molecule has 1 heterocycles. The first-order valence-corrected chi connectivity index (χ1v) is 8.20. The van der Waals surface area contributed by atoms with E-state index < -0.39 is 6.09 Å². The minimum Gasteiger partial charge on any atom is -0.450 e. The number of fused-ring (bicyclic) bond motifs is 1. The summed E-state index contributed by atoms with van der Waals surface area (Å²) in [6, 6.07) is 4.74. The molecule has 0 radical (unpaired) electrons. The van der Waals surface area contributed by atoms with Crippen LogP contribution in [0, 0.1) is 5.82 Å². The summed E-state index contributed by atoms with van der Waals surface area (Å²) in [5, 5.41) is 2.82. The van der Waals surface area contributed by atoms with E-state index in [-0.39, 0.29) is 11.9 Å². The van der Waals surface area contributed by atoms with Gasteiger partial charge in [0.15, 0.2) is 0 Å². The highest BCUT2D eigenvalue weighted by atomic mass is 19.1. The zero-order valence-corrected chi connectivity index (χ0v) is 13.5. The van der Waals surface area contributed by atoms with Crippen LogP contribution in [0.1, 0.15) is 57.4 Å². The van der Waals surface area contributed by atoms with Gasteiger partial charge in [0.25, 0.3) is 0 Å². The molecule has 23 heavy (non-hydrogen) atoms. The van der Waals surface area contributed by atoms with E-state index in [0.717, 1.165) is 37.0 Å².